The number of piperidine rings is 1. The second-order valence-electron chi connectivity index (χ2n) is 12.8. The lowest BCUT2D eigenvalue weighted by molar-refractivity contribution is 0.00289. The van der Waals surface area contributed by atoms with Gasteiger partial charge in [0.15, 0.2) is 0 Å². The van der Waals surface area contributed by atoms with E-state index < -0.39 is 15.4 Å². The average molecular weight is 551 g/mol. The van der Waals surface area contributed by atoms with Crippen LogP contribution in [0.15, 0.2) is 36.7 Å². The highest BCUT2D eigenvalue weighted by Crippen LogP contribution is 2.58. The molecule has 0 spiro atoms. The number of nitrogens with one attached hydrogen (secondary N) is 1. The van der Waals surface area contributed by atoms with Crippen LogP contribution in [0, 0.1) is 17.3 Å². The van der Waals surface area contributed by atoms with E-state index in [1.165, 1.54) is 11.8 Å². The summed E-state index contributed by atoms with van der Waals surface area (Å²) in [6.07, 6.45) is 5.82. The van der Waals surface area contributed by atoms with Crippen molar-refractivity contribution in [2.45, 2.75) is 45.6 Å². The van der Waals surface area contributed by atoms with Gasteiger partial charge in [-0.2, -0.15) is 4.98 Å². The van der Waals surface area contributed by atoms with Gasteiger partial charge < -0.3 is 20.2 Å². The van der Waals surface area contributed by atoms with Gasteiger partial charge in [0.05, 0.1) is 11.4 Å². The van der Waals surface area contributed by atoms with Gasteiger partial charge in [-0.15, -0.1) is 0 Å². The van der Waals surface area contributed by atoms with Gasteiger partial charge in [-0.05, 0) is 41.5 Å². The van der Waals surface area contributed by atoms with Gasteiger partial charge in [0.1, 0.15) is 21.5 Å². The van der Waals surface area contributed by atoms with Crippen LogP contribution in [0.25, 0.3) is 10.8 Å². The molecule has 0 bridgehead atoms. The third-order valence-electron chi connectivity index (χ3n) is 8.82. The fourth-order valence-corrected chi connectivity index (χ4v) is 7.62. The molecule has 0 unspecified atom stereocenters. The van der Waals surface area contributed by atoms with Crippen LogP contribution in [0.2, 0.25) is 0 Å². The number of rotatable bonds is 7. The van der Waals surface area contributed by atoms with Crippen molar-refractivity contribution in [3.63, 3.8) is 0 Å². The van der Waals surface area contributed by atoms with Gasteiger partial charge >= 0.3 is 0 Å². The molecular weight excluding hydrogens is 512 g/mol. The SMILES string of the molecule is CC(C)c1ccc(N2CC(CS(C)(=O)=O)C2)c2cnc(Nc3ccnc(N4C[C@@H]5C[C@@]5(O)C(C)(C)C4)n3)cc12. The third kappa shape index (κ3) is 4.82. The molecule has 39 heavy (non-hydrogen) atoms. The largest absolute Gasteiger partial charge is 0.389 e. The summed E-state index contributed by atoms with van der Waals surface area (Å²) >= 11 is 0. The maximum atomic E-state index is 11.7. The van der Waals surface area contributed by atoms with E-state index in [0.717, 1.165) is 42.5 Å². The van der Waals surface area contributed by atoms with Gasteiger partial charge in [-0.3, -0.25) is 0 Å². The van der Waals surface area contributed by atoms with Crippen LogP contribution in [0.4, 0.5) is 23.3 Å². The number of benzene rings is 1. The zero-order valence-corrected chi connectivity index (χ0v) is 24.2. The summed E-state index contributed by atoms with van der Waals surface area (Å²) in [6.45, 7) is 11.5. The molecule has 6 rings (SSSR count). The maximum absolute atomic E-state index is 11.7. The van der Waals surface area contributed by atoms with Crippen molar-refractivity contribution in [1.29, 1.82) is 0 Å². The van der Waals surface area contributed by atoms with Crippen molar-refractivity contribution in [2.75, 3.05) is 53.3 Å². The Bertz CT molecular complexity index is 1540. The standard InChI is InChI=1S/C29H38N6O3S/c1-18(2)21-6-7-24(34-13-19(14-34)16-39(5,37)38)23-12-31-26(10-22(21)23)32-25-8-9-30-27(33-25)35-15-20-11-29(20,36)28(3,4)17-35/h6-10,12,18-20,36H,11,13-17H2,1-5H3,(H,30,31,32,33)/t20-,29-/m0/s1. The minimum atomic E-state index is -2.98. The first-order valence-electron chi connectivity index (χ1n) is 13.8. The Balaban J connectivity index is 1.25. The molecule has 3 aromatic rings. The summed E-state index contributed by atoms with van der Waals surface area (Å²) in [4.78, 5) is 18.5. The molecule has 2 saturated heterocycles. The van der Waals surface area contributed by atoms with E-state index in [9.17, 15) is 13.5 Å². The van der Waals surface area contributed by atoms with Gasteiger partial charge in [-0.1, -0.05) is 33.8 Å². The smallest absolute Gasteiger partial charge is 0.227 e. The molecule has 4 heterocycles. The molecule has 2 aliphatic heterocycles. The summed E-state index contributed by atoms with van der Waals surface area (Å²) in [6, 6.07) is 8.24. The predicted octanol–water partition coefficient (Wildman–Crippen LogP) is 3.97. The lowest BCUT2D eigenvalue weighted by Gasteiger charge is -2.41. The van der Waals surface area contributed by atoms with Crippen molar-refractivity contribution in [1.82, 2.24) is 15.0 Å². The number of aliphatic hydroxyl groups is 1. The van der Waals surface area contributed by atoms with Crippen molar-refractivity contribution in [2.24, 2.45) is 17.3 Å². The molecule has 1 saturated carbocycles. The normalized spacial score (nSPS) is 24.5. The van der Waals surface area contributed by atoms with Crippen molar-refractivity contribution >= 4 is 43.9 Å². The fourth-order valence-electron chi connectivity index (χ4n) is 6.55. The van der Waals surface area contributed by atoms with E-state index in [4.69, 9.17) is 9.97 Å². The quantitative estimate of drug-likeness (QED) is 0.451. The monoisotopic (exact) mass is 550 g/mol. The number of hydrogen-bond donors (Lipinski definition) is 2. The van der Waals surface area contributed by atoms with E-state index in [2.05, 4.69) is 66.0 Å². The first-order valence-corrected chi connectivity index (χ1v) is 15.8. The number of hydrogen-bond acceptors (Lipinski definition) is 9. The molecule has 0 amide bonds. The van der Waals surface area contributed by atoms with Crippen molar-refractivity contribution in [3.05, 3.63) is 42.2 Å². The zero-order chi connectivity index (χ0) is 27.7. The molecule has 9 nitrogen and oxygen atoms in total. The average Bonchev–Trinajstić information content (AvgIpc) is 3.52. The number of fused-ring (bicyclic) bond motifs is 2. The third-order valence-corrected chi connectivity index (χ3v) is 9.90. The maximum Gasteiger partial charge on any atom is 0.227 e. The number of pyridine rings is 1. The zero-order valence-electron chi connectivity index (χ0n) is 23.3. The van der Waals surface area contributed by atoms with Crippen LogP contribution in [0.1, 0.15) is 45.6 Å². The Morgan fingerprint density at radius 2 is 1.85 bits per heavy atom. The second kappa shape index (κ2) is 9.02. The van der Waals surface area contributed by atoms with Crippen LogP contribution < -0.4 is 15.1 Å². The molecule has 1 aromatic carbocycles. The predicted molar refractivity (Wildman–Crippen MR) is 156 cm³/mol. The molecule has 3 aliphatic rings. The molecule has 1 aliphatic carbocycles. The Hall–Kier alpha value is -2.98. The highest BCUT2D eigenvalue weighted by Gasteiger charge is 2.65. The van der Waals surface area contributed by atoms with Gasteiger partial charge in [0.2, 0.25) is 5.95 Å². The van der Waals surface area contributed by atoms with Gasteiger partial charge in [0.25, 0.3) is 0 Å². The summed E-state index contributed by atoms with van der Waals surface area (Å²) in [5.41, 5.74) is 1.56. The topological polar surface area (TPSA) is 112 Å². The highest BCUT2D eigenvalue weighted by molar-refractivity contribution is 7.90. The minimum absolute atomic E-state index is 0.167. The lowest BCUT2D eigenvalue weighted by Crippen LogP contribution is -2.51. The van der Waals surface area contributed by atoms with E-state index in [1.807, 2.05) is 12.3 Å². The van der Waals surface area contributed by atoms with Crippen LogP contribution in [-0.2, 0) is 9.84 Å². The Labute approximate surface area is 230 Å². The van der Waals surface area contributed by atoms with Crippen LogP contribution in [-0.4, -0.2) is 72.3 Å². The Morgan fingerprint density at radius 3 is 2.54 bits per heavy atom. The van der Waals surface area contributed by atoms with Gasteiger partial charge in [-0.25, -0.2) is 18.4 Å². The van der Waals surface area contributed by atoms with Crippen LogP contribution in [0.5, 0.6) is 0 Å². The molecule has 208 valence electrons. The summed E-state index contributed by atoms with van der Waals surface area (Å²) < 4.78 is 23.4. The Kier molecular flexibility index (Phi) is 6.07. The molecule has 2 N–H and O–H groups in total. The number of anilines is 4. The van der Waals surface area contributed by atoms with Crippen molar-refractivity contribution < 1.29 is 13.5 Å². The molecule has 0 radical (unpaired) electrons. The van der Waals surface area contributed by atoms with Crippen molar-refractivity contribution in [3.8, 4) is 0 Å². The molecular formula is C29H38N6O3S. The second-order valence-corrected chi connectivity index (χ2v) is 14.9. The van der Waals surface area contributed by atoms with Gasteiger partial charge in [0, 0.05) is 73.2 Å². The molecule has 10 heteroatoms. The van der Waals surface area contributed by atoms with E-state index >= 15 is 0 Å². The minimum Gasteiger partial charge on any atom is -0.389 e. The number of nitrogens with zero attached hydrogens (tertiary/aromatic N) is 5. The summed E-state index contributed by atoms with van der Waals surface area (Å²) in [5.74, 6) is 3.04. The lowest BCUT2D eigenvalue weighted by atomic mass is 9.80. The van der Waals surface area contributed by atoms with Crippen LogP contribution in [0.3, 0.4) is 0 Å². The molecule has 2 aromatic heterocycles. The first-order chi connectivity index (χ1) is 18.3. The number of aromatic nitrogens is 3. The molecule has 3 fully saturated rings. The first kappa shape index (κ1) is 26.3. The summed E-state index contributed by atoms with van der Waals surface area (Å²) in [5, 5.41) is 16.4. The number of sulfone groups is 1. The fraction of sp³-hybridized carbons (Fsp3) is 0.552. The molecule has 2 atom stereocenters. The summed E-state index contributed by atoms with van der Waals surface area (Å²) in [7, 11) is -2.98. The highest BCUT2D eigenvalue weighted by atomic mass is 32.2. The van der Waals surface area contributed by atoms with E-state index in [-0.39, 0.29) is 23.0 Å². The van der Waals surface area contributed by atoms with E-state index in [1.54, 1.807) is 6.20 Å². The Morgan fingerprint density at radius 1 is 1.08 bits per heavy atom. The van der Waals surface area contributed by atoms with E-state index in [0.29, 0.717) is 30.0 Å². The van der Waals surface area contributed by atoms with Crippen LogP contribution >= 0.6 is 0 Å².